The predicted octanol–water partition coefficient (Wildman–Crippen LogP) is 0.234. The molecule has 1 aromatic rings. The van der Waals surface area contributed by atoms with Gasteiger partial charge in [0.05, 0.1) is 6.61 Å². The number of nitrogens with zero attached hydrogens (tertiary/aromatic N) is 1. The first-order valence-corrected chi connectivity index (χ1v) is 7.07. The van der Waals surface area contributed by atoms with Crippen molar-refractivity contribution < 1.29 is 19.1 Å². The molecule has 1 fully saturated rings. The van der Waals surface area contributed by atoms with E-state index in [2.05, 4.69) is 10.6 Å². The van der Waals surface area contributed by atoms with Gasteiger partial charge in [0.1, 0.15) is 6.61 Å². The summed E-state index contributed by atoms with van der Waals surface area (Å²) in [7, 11) is 0. The van der Waals surface area contributed by atoms with Crippen LogP contribution in [0.4, 0.5) is 5.69 Å². The molecular weight excluding hydrogens is 286 g/mol. The van der Waals surface area contributed by atoms with Gasteiger partial charge in [0.25, 0.3) is 5.91 Å². The Morgan fingerprint density at radius 3 is 2.64 bits per heavy atom. The van der Waals surface area contributed by atoms with Gasteiger partial charge in [-0.1, -0.05) is 0 Å². The first-order chi connectivity index (χ1) is 10.6. The molecule has 0 radical (unpaired) electrons. The van der Waals surface area contributed by atoms with Crippen molar-refractivity contribution in [1.29, 1.82) is 0 Å². The fourth-order valence-electron chi connectivity index (χ4n) is 2.10. The molecule has 22 heavy (non-hydrogen) atoms. The molecule has 0 aromatic heterocycles. The molecule has 0 saturated carbocycles. The van der Waals surface area contributed by atoms with Gasteiger partial charge >= 0.3 is 0 Å². The summed E-state index contributed by atoms with van der Waals surface area (Å²) in [5.74, 6) is -0.428. The smallest absolute Gasteiger partial charge is 0.251 e. The Morgan fingerprint density at radius 2 is 2.00 bits per heavy atom. The number of nitrogens with one attached hydrogen (secondary N) is 2. The molecule has 0 bridgehead atoms. The van der Waals surface area contributed by atoms with Crippen LogP contribution in [0.2, 0.25) is 0 Å². The van der Waals surface area contributed by atoms with Gasteiger partial charge in [0.2, 0.25) is 11.8 Å². The van der Waals surface area contributed by atoms with Crippen LogP contribution < -0.4 is 10.6 Å². The summed E-state index contributed by atoms with van der Waals surface area (Å²) in [6.07, 6.45) is 0. The maximum Gasteiger partial charge on any atom is 0.251 e. The van der Waals surface area contributed by atoms with Crippen LogP contribution in [0.1, 0.15) is 17.3 Å². The van der Waals surface area contributed by atoms with Crippen molar-refractivity contribution in [2.75, 3.05) is 38.2 Å². The first-order valence-electron chi connectivity index (χ1n) is 7.07. The Balaban J connectivity index is 1.79. The third-order valence-corrected chi connectivity index (χ3v) is 3.22. The lowest BCUT2D eigenvalue weighted by molar-refractivity contribution is -0.142. The molecule has 1 heterocycles. The van der Waals surface area contributed by atoms with Crippen LogP contribution in [-0.4, -0.2) is 55.5 Å². The SMILES string of the molecule is CC(=O)Nc1ccc(C(=O)NCCN2CCOCC2=O)cc1. The molecule has 1 saturated heterocycles. The monoisotopic (exact) mass is 305 g/mol. The average Bonchev–Trinajstić information content (AvgIpc) is 2.49. The maximum atomic E-state index is 12.0. The van der Waals surface area contributed by atoms with Crippen molar-refractivity contribution in [2.45, 2.75) is 6.92 Å². The largest absolute Gasteiger partial charge is 0.370 e. The number of amides is 3. The molecule has 0 atom stereocenters. The summed E-state index contributed by atoms with van der Waals surface area (Å²) >= 11 is 0. The Labute approximate surface area is 128 Å². The fraction of sp³-hybridized carbons (Fsp3) is 0.400. The fourth-order valence-corrected chi connectivity index (χ4v) is 2.10. The summed E-state index contributed by atoms with van der Waals surface area (Å²) in [6.45, 7) is 3.48. The van der Waals surface area contributed by atoms with E-state index in [4.69, 9.17) is 4.74 Å². The molecule has 7 nitrogen and oxygen atoms in total. The maximum absolute atomic E-state index is 12.0. The van der Waals surface area contributed by atoms with E-state index in [-0.39, 0.29) is 24.3 Å². The molecule has 2 rings (SSSR count). The highest BCUT2D eigenvalue weighted by Gasteiger charge is 2.18. The van der Waals surface area contributed by atoms with E-state index >= 15 is 0 Å². The van der Waals surface area contributed by atoms with E-state index in [1.54, 1.807) is 29.2 Å². The van der Waals surface area contributed by atoms with Crippen molar-refractivity contribution in [3.63, 3.8) is 0 Å². The second-order valence-electron chi connectivity index (χ2n) is 4.95. The van der Waals surface area contributed by atoms with Crippen molar-refractivity contribution in [3.05, 3.63) is 29.8 Å². The second-order valence-corrected chi connectivity index (χ2v) is 4.95. The lowest BCUT2D eigenvalue weighted by atomic mass is 10.2. The molecule has 7 heteroatoms. The number of anilines is 1. The lowest BCUT2D eigenvalue weighted by Gasteiger charge is -2.26. The third kappa shape index (κ3) is 4.56. The van der Waals surface area contributed by atoms with Gasteiger partial charge in [0, 0.05) is 37.8 Å². The van der Waals surface area contributed by atoms with Gasteiger partial charge in [-0.2, -0.15) is 0 Å². The van der Waals surface area contributed by atoms with E-state index in [0.717, 1.165) is 0 Å². The number of hydrogen-bond donors (Lipinski definition) is 2. The van der Waals surface area contributed by atoms with Gasteiger partial charge < -0.3 is 20.3 Å². The van der Waals surface area contributed by atoms with Crippen LogP contribution in [0.3, 0.4) is 0 Å². The summed E-state index contributed by atoms with van der Waals surface area (Å²) in [5, 5.41) is 5.40. The summed E-state index contributed by atoms with van der Waals surface area (Å²) in [6, 6.07) is 6.62. The average molecular weight is 305 g/mol. The summed E-state index contributed by atoms with van der Waals surface area (Å²) < 4.78 is 5.04. The molecule has 2 N–H and O–H groups in total. The van der Waals surface area contributed by atoms with Crippen molar-refractivity contribution in [1.82, 2.24) is 10.2 Å². The summed E-state index contributed by atoms with van der Waals surface area (Å²) in [4.78, 5) is 36.1. The highest BCUT2D eigenvalue weighted by molar-refractivity contribution is 5.95. The molecular formula is C15H19N3O4. The van der Waals surface area contributed by atoms with Crippen LogP contribution >= 0.6 is 0 Å². The van der Waals surface area contributed by atoms with Gasteiger partial charge in [-0.25, -0.2) is 0 Å². The van der Waals surface area contributed by atoms with Crippen LogP contribution in [-0.2, 0) is 14.3 Å². The predicted molar refractivity (Wildman–Crippen MR) is 80.5 cm³/mol. The van der Waals surface area contributed by atoms with E-state index in [9.17, 15) is 14.4 Å². The Bertz CT molecular complexity index is 556. The van der Waals surface area contributed by atoms with Crippen molar-refractivity contribution in [2.24, 2.45) is 0 Å². The normalized spacial score (nSPS) is 14.6. The minimum Gasteiger partial charge on any atom is -0.370 e. The Hall–Kier alpha value is -2.41. The van der Waals surface area contributed by atoms with Gasteiger partial charge in [-0.05, 0) is 24.3 Å². The van der Waals surface area contributed by atoms with Crippen LogP contribution in [0.25, 0.3) is 0 Å². The highest BCUT2D eigenvalue weighted by Crippen LogP contribution is 2.09. The molecule has 0 spiro atoms. The van der Waals surface area contributed by atoms with Crippen LogP contribution in [0, 0.1) is 0 Å². The molecule has 1 aromatic carbocycles. The van der Waals surface area contributed by atoms with Gasteiger partial charge in [-0.15, -0.1) is 0 Å². The molecule has 0 unspecified atom stereocenters. The van der Waals surface area contributed by atoms with Crippen LogP contribution in [0.5, 0.6) is 0 Å². The zero-order valence-electron chi connectivity index (χ0n) is 12.4. The molecule has 1 aliphatic rings. The second kappa shape index (κ2) is 7.56. The number of morpholine rings is 1. The zero-order chi connectivity index (χ0) is 15.9. The quantitative estimate of drug-likeness (QED) is 0.815. The number of carbonyl (C=O) groups is 3. The van der Waals surface area contributed by atoms with Crippen molar-refractivity contribution >= 4 is 23.4 Å². The van der Waals surface area contributed by atoms with E-state index in [0.29, 0.717) is 37.5 Å². The molecule has 1 aliphatic heterocycles. The Morgan fingerprint density at radius 1 is 1.27 bits per heavy atom. The zero-order valence-corrected chi connectivity index (χ0v) is 12.4. The van der Waals surface area contributed by atoms with Gasteiger partial charge in [0.15, 0.2) is 0 Å². The number of ether oxygens (including phenoxy) is 1. The number of carbonyl (C=O) groups excluding carboxylic acids is 3. The molecule has 0 aliphatic carbocycles. The molecule has 3 amide bonds. The van der Waals surface area contributed by atoms with Crippen molar-refractivity contribution in [3.8, 4) is 0 Å². The first kappa shape index (κ1) is 16.0. The van der Waals surface area contributed by atoms with E-state index in [1.165, 1.54) is 6.92 Å². The van der Waals surface area contributed by atoms with E-state index < -0.39 is 0 Å². The number of benzene rings is 1. The van der Waals surface area contributed by atoms with E-state index in [1.807, 2.05) is 0 Å². The number of hydrogen-bond acceptors (Lipinski definition) is 4. The van der Waals surface area contributed by atoms with Gasteiger partial charge in [-0.3, -0.25) is 14.4 Å². The molecule has 118 valence electrons. The number of rotatable bonds is 5. The standard InChI is InChI=1S/C15H19N3O4/c1-11(19)17-13-4-2-12(3-5-13)15(21)16-6-7-18-8-9-22-10-14(18)20/h2-5H,6-10H2,1H3,(H,16,21)(H,17,19). The minimum absolute atomic E-state index is 0.0554. The van der Waals surface area contributed by atoms with Crippen LogP contribution in [0.15, 0.2) is 24.3 Å². The third-order valence-electron chi connectivity index (χ3n) is 3.22. The lowest BCUT2D eigenvalue weighted by Crippen LogP contribution is -2.45. The minimum atomic E-state index is -0.213. The summed E-state index contributed by atoms with van der Waals surface area (Å²) in [5.41, 5.74) is 1.14. The highest BCUT2D eigenvalue weighted by atomic mass is 16.5. The Kier molecular flexibility index (Phi) is 5.48. The topological polar surface area (TPSA) is 87.7 Å².